The molecule has 1 saturated heterocycles. The molecule has 0 spiro atoms. The van der Waals surface area contributed by atoms with Gasteiger partial charge in [0.15, 0.2) is 0 Å². The molecule has 1 heterocycles. The molecule has 1 aliphatic rings. The maximum absolute atomic E-state index is 13.8. The Morgan fingerprint density at radius 3 is 2.52 bits per heavy atom. The molecule has 0 saturated carbocycles. The smallest absolute Gasteiger partial charge is 0.337 e. The first kappa shape index (κ1) is 15.6. The molecule has 1 fully saturated rings. The van der Waals surface area contributed by atoms with Crippen molar-refractivity contribution in [3.8, 4) is 0 Å². The molecule has 1 aromatic carbocycles. The van der Waals surface area contributed by atoms with Crippen LogP contribution in [0, 0.1) is 5.82 Å². The molecule has 2 rings (SSSR count). The number of aromatic carboxylic acids is 1. The Bertz CT molecular complexity index is 557. The highest BCUT2D eigenvalue weighted by molar-refractivity contribution is 8.00. The van der Waals surface area contributed by atoms with Gasteiger partial charge in [-0.2, -0.15) is 11.8 Å². The number of hydrogen-bond acceptors (Lipinski definition) is 3. The number of urea groups is 1. The van der Waals surface area contributed by atoms with E-state index in [1.54, 1.807) is 16.7 Å². The number of anilines is 1. The summed E-state index contributed by atoms with van der Waals surface area (Å²) in [5.41, 5.74) is -0.538. The number of carboxylic acids is 1. The predicted molar refractivity (Wildman–Crippen MR) is 80.5 cm³/mol. The minimum Gasteiger partial charge on any atom is -0.478 e. The van der Waals surface area contributed by atoms with E-state index in [0.29, 0.717) is 23.6 Å². The Morgan fingerprint density at radius 2 is 1.95 bits per heavy atom. The van der Waals surface area contributed by atoms with Crippen molar-refractivity contribution in [2.75, 3.05) is 18.4 Å². The number of para-hydroxylation sites is 1. The van der Waals surface area contributed by atoms with Gasteiger partial charge >= 0.3 is 12.0 Å². The summed E-state index contributed by atoms with van der Waals surface area (Å²) in [7, 11) is 0. The number of nitrogens with zero attached hydrogens (tertiary/aromatic N) is 1. The molecule has 7 heteroatoms. The molecular weight excluding hydrogens is 295 g/mol. The number of carboxylic acid groups (broad SMARTS) is 1. The molecule has 1 aromatic rings. The van der Waals surface area contributed by atoms with Gasteiger partial charge in [0.05, 0.1) is 11.3 Å². The van der Waals surface area contributed by atoms with Crippen LogP contribution in [0.25, 0.3) is 0 Å². The first-order valence-corrected chi connectivity index (χ1v) is 7.56. The quantitative estimate of drug-likeness (QED) is 0.881. The minimum absolute atomic E-state index is 0.254. The first-order chi connectivity index (χ1) is 9.88. The molecule has 2 N–H and O–H groups in total. The molecule has 114 valence electrons. The van der Waals surface area contributed by atoms with Crippen LogP contribution < -0.4 is 5.32 Å². The summed E-state index contributed by atoms with van der Waals surface area (Å²) >= 11 is 1.79. The van der Waals surface area contributed by atoms with E-state index in [9.17, 15) is 14.0 Å². The van der Waals surface area contributed by atoms with E-state index in [1.165, 1.54) is 12.1 Å². The van der Waals surface area contributed by atoms with Gasteiger partial charge in [0.25, 0.3) is 0 Å². The number of halogens is 1. The van der Waals surface area contributed by atoms with E-state index < -0.39 is 17.8 Å². The summed E-state index contributed by atoms with van der Waals surface area (Å²) in [5.74, 6) is -2.03. The second kappa shape index (κ2) is 6.34. The van der Waals surface area contributed by atoms with Crippen LogP contribution >= 0.6 is 11.8 Å². The lowest BCUT2D eigenvalue weighted by atomic mass is 10.1. The Balaban J connectivity index is 2.18. The van der Waals surface area contributed by atoms with Crippen LogP contribution in [0.3, 0.4) is 0 Å². The lowest BCUT2D eigenvalue weighted by Crippen LogP contribution is -2.46. The third kappa shape index (κ3) is 3.66. The second-order valence-corrected chi connectivity index (χ2v) is 6.94. The van der Waals surface area contributed by atoms with Gasteiger partial charge in [0.2, 0.25) is 0 Å². The van der Waals surface area contributed by atoms with Gasteiger partial charge in [-0.15, -0.1) is 0 Å². The molecule has 2 unspecified atom stereocenters. The Morgan fingerprint density at radius 1 is 1.33 bits per heavy atom. The molecule has 0 radical (unpaired) electrons. The number of hydrogen-bond donors (Lipinski definition) is 2. The first-order valence-electron chi connectivity index (χ1n) is 6.61. The van der Waals surface area contributed by atoms with Crippen molar-refractivity contribution in [3.63, 3.8) is 0 Å². The molecule has 2 amide bonds. The Hall–Kier alpha value is -1.76. The number of carbonyl (C=O) groups excluding carboxylic acids is 1. The highest BCUT2D eigenvalue weighted by atomic mass is 32.2. The Labute approximate surface area is 126 Å². The lowest BCUT2D eigenvalue weighted by molar-refractivity contribution is 0.0697. The van der Waals surface area contributed by atoms with Crippen molar-refractivity contribution in [2.24, 2.45) is 0 Å². The van der Waals surface area contributed by atoms with Crippen LogP contribution in [-0.4, -0.2) is 45.6 Å². The van der Waals surface area contributed by atoms with Crippen molar-refractivity contribution >= 4 is 29.4 Å². The Kier molecular flexibility index (Phi) is 4.72. The van der Waals surface area contributed by atoms with Crippen molar-refractivity contribution in [1.29, 1.82) is 0 Å². The molecule has 0 aromatic heterocycles. The summed E-state index contributed by atoms with van der Waals surface area (Å²) in [6.45, 7) is 5.15. The predicted octanol–water partition coefficient (Wildman–Crippen LogP) is 2.88. The second-order valence-electron chi connectivity index (χ2n) is 5.06. The van der Waals surface area contributed by atoms with E-state index in [4.69, 9.17) is 5.11 Å². The van der Waals surface area contributed by atoms with Crippen LogP contribution in [0.1, 0.15) is 24.2 Å². The summed E-state index contributed by atoms with van der Waals surface area (Å²) in [5, 5.41) is 12.0. The highest BCUT2D eigenvalue weighted by Gasteiger charge is 2.27. The van der Waals surface area contributed by atoms with Crippen LogP contribution in [-0.2, 0) is 0 Å². The van der Waals surface area contributed by atoms with E-state index in [-0.39, 0.29) is 11.3 Å². The van der Waals surface area contributed by atoms with Crippen LogP contribution in [0.15, 0.2) is 18.2 Å². The van der Waals surface area contributed by atoms with Crippen molar-refractivity contribution < 1.29 is 19.1 Å². The number of carbonyl (C=O) groups is 2. The van der Waals surface area contributed by atoms with E-state index >= 15 is 0 Å². The lowest BCUT2D eigenvalue weighted by Gasteiger charge is -2.34. The molecule has 0 bridgehead atoms. The van der Waals surface area contributed by atoms with E-state index in [2.05, 4.69) is 5.32 Å². The van der Waals surface area contributed by atoms with Crippen LogP contribution in [0.5, 0.6) is 0 Å². The van der Waals surface area contributed by atoms with Crippen LogP contribution in [0.2, 0.25) is 0 Å². The van der Waals surface area contributed by atoms with Gasteiger partial charge in [-0.05, 0) is 12.1 Å². The molecule has 5 nitrogen and oxygen atoms in total. The third-order valence-electron chi connectivity index (χ3n) is 3.18. The summed E-state index contributed by atoms with van der Waals surface area (Å²) in [6, 6.07) is 3.22. The van der Waals surface area contributed by atoms with Crippen LogP contribution in [0.4, 0.5) is 14.9 Å². The normalized spacial score (nSPS) is 22.0. The number of thioether (sulfide) groups is 1. The average molecular weight is 312 g/mol. The molecule has 0 aliphatic carbocycles. The monoisotopic (exact) mass is 312 g/mol. The summed E-state index contributed by atoms with van der Waals surface area (Å²) < 4.78 is 13.8. The molecular formula is C14H17FN2O3S. The summed E-state index contributed by atoms with van der Waals surface area (Å²) in [6.07, 6.45) is 0. The van der Waals surface area contributed by atoms with Crippen molar-refractivity contribution in [1.82, 2.24) is 4.90 Å². The topological polar surface area (TPSA) is 69.6 Å². The largest absolute Gasteiger partial charge is 0.478 e. The average Bonchev–Trinajstić information content (AvgIpc) is 2.39. The van der Waals surface area contributed by atoms with Gasteiger partial charge in [-0.25, -0.2) is 14.0 Å². The van der Waals surface area contributed by atoms with Gasteiger partial charge in [0.1, 0.15) is 5.82 Å². The maximum Gasteiger partial charge on any atom is 0.337 e. The maximum atomic E-state index is 13.8. The number of nitrogens with one attached hydrogen (secondary N) is 1. The van der Waals surface area contributed by atoms with Gasteiger partial charge < -0.3 is 15.3 Å². The van der Waals surface area contributed by atoms with Gasteiger partial charge in [-0.1, -0.05) is 19.9 Å². The zero-order valence-electron chi connectivity index (χ0n) is 11.8. The molecule has 2 atom stereocenters. The number of amides is 2. The molecule has 21 heavy (non-hydrogen) atoms. The molecule has 1 aliphatic heterocycles. The van der Waals surface area contributed by atoms with Gasteiger partial charge in [0, 0.05) is 23.6 Å². The highest BCUT2D eigenvalue weighted by Crippen LogP contribution is 2.26. The number of benzene rings is 1. The fourth-order valence-electron chi connectivity index (χ4n) is 2.36. The number of rotatable bonds is 2. The van der Waals surface area contributed by atoms with Gasteiger partial charge in [-0.3, -0.25) is 0 Å². The van der Waals surface area contributed by atoms with E-state index in [0.717, 1.165) is 6.07 Å². The zero-order chi connectivity index (χ0) is 15.6. The van der Waals surface area contributed by atoms with E-state index in [1.807, 2.05) is 13.8 Å². The van der Waals surface area contributed by atoms with Crippen molar-refractivity contribution in [2.45, 2.75) is 24.3 Å². The minimum atomic E-state index is -1.28. The fraction of sp³-hybridized carbons (Fsp3) is 0.429. The van der Waals surface area contributed by atoms with Crippen molar-refractivity contribution in [3.05, 3.63) is 29.6 Å². The third-order valence-corrected chi connectivity index (χ3v) is 4.41. The SMILES string of the molecule is CC1CN(C(=O)Nc2c(F)cccc2C(=O)O)CC(C)S1. The fourth-order valence-corrected chi connectivity index (χ4v) is 3.68. The summed E-state index contributed by atoms with van der Waals surface area (Å²) in [4.78, 5) is 24.9. The standard InChI is InChI=1S/C14H17FN2O3S/c1-8-6-17(7-9(2)21-8)14(20)16-12-10(13(18)19)4-3-5-11(12)15/h3-5,8-9H,6-7H2,1-2H3,(H,16,20)(H,18,19). The zero-order valence-corrected chi connectivity index (χ0v) is 12.6.